The van der Waals surface area contributed by atoms with Crippen LogP contribution in [0.1, 0.15) is 31.0 Å². The molecule has 0 saturated heterocycles. The summed E-state index contributed by atoms with van der Waals surface area (Å²) >= 11 is 0. The molecule has 190 valence electrons. The Morgan fingerprint density at radius 2 is 1.84 bits per heavy atom. The first kappa shape index (κ1) is 25.9. The van der Waals surface area contributed by atoms with Crippen LogP contribution in [0.25, 0.3) is 23.0 Å². The monoisotopic (exact) mass is 507 g/mol. The molecule has 4 aromatic rings. The van der Waals surface area contributed by atoms with Gasteiger partial charge in [-0.1, -0.05) is 48.5 Å². The van der Waals surface area contributed by atoms with E-state index in [1.165, 1.54) is 18.2 Å². The van der Waals surface area contributed by atoms with Crippen molar-refractivity contribution in [1.29, 1.82) is 5.26 Å². The lowest BCUT2D eigenvalue weighted by Gasteiger charge is -2.13. The number of amides is 1. The molecule has 9 heteroatoms. The first-order chi connectivity index (χ1) is 18.4. The van der Waals surface area contributed by atoms with Gasteiger partial charge in [0, 0.05) is 23.4 Å². The zero-order valence-corrected chi connectivity index (χ0v) is 20.9. The lowest BCUT2D eigenvalue weighted by Crippen LogP contribution is -2.27. The van der Waals surface area contributed by atoms with Crippen LogP contribution in [0.4, 0.5) is 5.69 Å². The largest absolute Gasteiger partial charge is 0.487 e. The molecule has 1 unspecified atom stereocenters. The Kier molecular flexibility index (Phi) is 7.94. The first-order valence-corrected chi connectivity index (χ1v) is 12.0. The molecule has 1 N–H and O–H groups in total. The molecule has 9 nitrogen and oxygen atoms in total. The third-order valence-electron chi connectivity index (χ3n) is 5.80. The molecule has 0 aliphatic heterocycles. The summed E-state index contributed by atoms with van der Waals surface area (Å²) < 4.78 is 7.01. The van der Waals surface area contributed by atoms with E-state index in [0.717, 1.165) is 11.3 Å². The summed E-state index contributed by atoms with van der Waals surface area (Å²) in [5, 5.41) is 29.0. The van der Waals surface area contributed by atoms with Crippen molar-refractivity contribution in [1.82, 2.24) is 15.1 Å². The Morgan fingerprint density at radius 1 is 1.16 bits per heavy atom. The van der Waals surface area contributed by atoms with Crippen molar-refractivity contribution in [2.24, 2.45) is 0 Å². The SMILES string of the molecule is CCOc1ccc(-c2nn(-c3ccccc3)cc2C=C(C#N)C(=O)NC(C)c2ccccc2)cc1[N+](=O)[O-]. The van der Waals surface area contributed by atoms with Gasteiger partial charge in [0.2, 0.25) is 0 Å². The quantitative estimate of drug-likeness (QED) is 0.136. The third kappa shape index (κ3) is 5.77. The summed E-state index contributed by atoms with van der Waals surface area (Å²) in [6, 6.07) is 24.9. The lowest BCUT2D eigenvalue weighted by molar-refractivity contribution is -0.385. The number of hydrogen-bond acceptors (Lipinski definition) is 6. The van der Waals surface area contributed by atoms with E-state index < -0.39 is 10.8 Å². The molecule has 1 heterocycles. The van der Waals surface area contributed by atoms with Gasteiger partial charge in [-0.05, 0) is 49.8 Å². The van der Waals surface area contributed by atoms with E-state index in [9.17, 15) is 20.2 Å². The van der Waals surface area contributed by atoms with Gasteiger partial charge in [-0.3, -0.25) is 14.9 Å². The van der Waals surface area contributed by atoms with E-state index in [2.05, 4.69) is 10.4 Å². The van der Waals surface area contributed by atoms with Crippen molar-refractivity contribution in [3.05, 3.63) is 112 Å². The van der Waals surface area contributed by atoms with Gasteiger partial charge >= 0.3 is 5.69 Å². The van der Waals surface area contributed by atoms with Crippen molar-refractivity contribution in [3.8, 4) is 28.8 Å². The molecule has 1 atom stereocenters. The van der Waals surface area contributed by atoms with Crippen LogP contribution in [0.15, 0.2) is 90.6 Å². The number of nitro benzene ring substituents is 1. The zero-order chi connectivity index (χ0) is 27.1. The van der Waals surface area contributed by atoms with Gasteiger partial charge in [-0.25, -0.2) is 4.68 Å². The van der Waals surface area contributed by atoms with Crippen LogP contribution in [-0.2, 0) is 4.79 Å². The van der Waals surface area contributed by atoms with Crippen LogP contribution in [-0.4, -0.2) is 27.2 Å². The molecular weight excluding hydrogens is 482 g/mol. The Balaban J connectivity index is 1.77. The molecule has 0 aliphatic rings. The molecule has 0 radical (unpaired) electrons. The van der Waals surface area contributed by atoms with Gasteiger partial charge in [-0.2, -0.15) is 10.4 Å². The number of nitrogens with zero attached hydrogens (tertiary/aromatic N) is 4. The van der Waals surface area contributed by atoms with E-state index in [4.69, 9.17) is 4.74 Å². The predicted octanol–water partition coefficient (Wildman–Crippen LogP) is 5.63. The average Bonchev–Trinajstić information content (AvgIpc) is 3.36. The number of aromatic nitrogens is 2. The summed E-state index contributed by atoms with van der Waals surface area (Å²) in [4.78, 5) is 24.2. The fraction of sp³-hybridized carbons (Fsp3) is 0.138. The summed E-state index contributed by atoms with van der Waals surface area (Å²) in [7, 11) is 0. The van der Waals surface area contributed by atoms with Gasteiger partial charge in [0.1, 0.15) is 17.3 Å². The minimum Gasteiger partial charge on any atom is -0.487 e. The molecular formula is C29H25N5O4. The van der Waals surface area contributed by atoms with E-state index in [0.29, 0.717) is 16.8 Å². The second kappa shape index (κ2) is 11.7. The minimum absolute atomic E-state index is 0.123. The van der Waals surface area contributed by atoms with E-state index in [1.807, 2.05) is 73.7 Å². The summed E-state index contributed by atoms with van der Waals surface area (Å²) in [5.41, 5.74) is 2.58. The summed E-state index contributed by atoms with van der Waals surface area (Å²) in [6.45, 7) is 3.86. The highest BCUT2D eigenvalue weighted by atomic mass is 16.6. The summed E-state index contributed by atoms with van der Waals surface area (Å²) in [6.07, 6.45) is 3.12. The van der Waals surface area contributed by atoms with Gasteiger partial charge in [0.15, 0.2) is 5.75 Å². The number of nitriles is 1. The molecule has 0 fully saturated rings. The molecule has 4 rings (SSSR count). The highest BCUT2D eigenvalue weighted by molar-refractivity contribution is 6.02. The van der Waals surface area contributed by atoms with Gasteiger partial charge in [0.25, 0.3) is 5.91 Å². The Labute approximate surface area is 219 Å². The Morgan fingerprint density at radius 3 is 2.47 bits per heavy atom. The van der Waals surface area contributed by atoms with Crippen molar-refractivity contribution < 1.29 is 14.5 Å². The number of rotatable bonds is 9. The maximum atomic E-state index is 13.0. The number of ether oxygens (including phenoxy) is 1. The molecule has 0 aliphatic carbocycles. The second-order valence-electron chi connectivity index (χ2n) is 8.36. The average molecular weight is 508 g/mol. The van der Waals surface area contributed by atoms with Gasteiger partial charge in [0.05, 0.1) is 23.3 Å². The number of nitrogens with one attached hydrogen (secondary N) is 1. The van der Waals surface area contributed by atoms with Crippen LogP contribution in [0.5, 0.6) is 5.75 Å². The van der Waals surface area contributed by atoms with Crippen LogP contribution in [0.2, 0.25) is 0 Å². The van der Waals surface area contributed by atoms with Gasteiger partial charge < -0.3 is 10.1 Å². The van der Waals surface area contributed by atoms with Crippen LogP contribution in [0, 0.1) is 21.4 Å². The van der Waals surface area contributed by atoms with Crippen molar-refractivity contribution >= 4 is 17.7 Å². The number of para-hydroxylation sites is 1. The van der Waals surface area contributed by atoms with Crippen molar-refractivity contribution in [2.45, 2.75) is 19.9 Å². The highest BCUT2D eigenvalue weighted by Gasteiger charge is 2.21. The minimum atomic E-state index is -0.542. The maximum Gasteiger partial charge on any atom is 0.311 e. The molecule has 0 spiro atoms. The van der Waals surface area contributed by atoms with Crippen molar-refractivity contribution in [2.75, 3.05) is 6.61 Å². The first-order valence-electron chi connectivity index (χ1n) is 12.0. The summed E-state index contributed by atoms with van der Waals surface area (Å²) in [5.74, 6) is -0.396. The molecule has 1 amide bonds. The van der Waals surface area contributed by atoms with E-state index in [1.54, 1.807) is 23.9 Å². The molecule has 0 bridgehead atoms. The van der Waals surface area contributed by atoms with Crippen LogP contribution in [0.3, 0.4) is 0 Å². The van der Waals surface area contributed by atoms with E-state index >= 15 is 0 Å². The zero-order valence-electron chi connectivity index (χ0n) is 20.9. The number of carbonyl (C=O) groups excluding carboxylic acids is 1. The fourth-order valence-corrected chi connectivity index (χ4v) is 3.92. The predicted molar refractivity (Wildman–Crippen MR) is 143 cm³/mol. The fourth-order valence-electron chi connectivity index (χ4n) is 3.92. The topological polar surface area (TPSA) is 123 Å². The number of carbonyl (C=O) groups is 1. The Bertz CT molecular complexity index is 1520. The number of nitro groups is 1. The standard InChI is InChI=1S/C29H25N5O4/c1-3-38-27-15-14-22(17-26(27)34(36)37)28-24(19-33(32-28)25-12-8-5-9-13-25)16-23(18-30)29(35)31-20(2)21-10-6-4-7-11-21/h4-17,19-20H,3H2,1-2H3,(H,31,35). The maximum absolute atomic E-state index is 13.0. The second-order valence-corrected chi connectivity index (χ2v) is 8.36. The lowest BCUT2D eigenvalue weighted by atomic mass is 10.0. The Hall–Kier alpha value is -5.23. The number of hydrogen-bond donors (Lipinski definition) is 1. The van der Waals surface area contributed by atoms with Gasteiger partial charge in [-0.15, -0.1) is 0 Å². The third-order valence-corrected chi connectivity index (χ3v) is 5.80. The normalized spacial score (nSPS) is 11.9. The smallest absolute Gasteiger partial charge is 0.311 e. The van der Waals surface area contributed by atoms with Crippen LogP contribution < -0.4 is 10.1 Å². The van der Waals surface area contributed by atoms with Crippen LogP contribution >= 0.6 is 0 Å². The molecule has 3 aromatic carbocycles. The highest BCUT2D eigenvalue weighted by Crippen LogP contribution is 2.34. The molecule has 1 aromatic heterocycles. The van der Waals surface area contributed by atoms with E-state index in [-0.39, 0.29) is 29.7 Å². The molecule has 38 heavy (non-hydrogen) atoms. The number of benzene rings is 3. The van der Waals surface area contributed by atoms with Crippen molar-refractivity contribution in [3.63, 3.8) is 0 Å². The molecule has 0 saturated carbocycles.